The van der Waals surface area contributed by atoms with Gasteiger partial charge in [-0.05, 0) is 7.05 Å². The Labute approximate surface area is 125 Å². The minimum Gasteiger partial charge on any atom is -0.390 e. The maximum absolute atomic E-state index is 10.2. The number of hydrogen-bond acceptors (Lipinski definition) is 6. The van der Waals surface area contributed by atoms with Crippen LogP contribution >= 0.6 is 11.6 Å². The van der Waals surface area contributed by atoms with Crippen molar-refractivity contribution < 1.29 is 5.11 Å². The molecule has 1 aromatic rings. The highest BCUT2D eigenvalue weighted by Crippen LogP contribution is 2.20. The molecule has 2 heterocycles. The molecule has 6 nitrogen and oxygen atoms in total. The molecule has 1 saturated heterocycles. The van der Waals surface area contributed by atoms with Crippen molar-refractivity contribution in [2.75, 3.05) is 58.3 Å². The largest absolute Gasteiger partial charge is 0.390 e. The van der Waals surface area contributed by atoms with Gasteiger partial charge in [0.2, 0.25) is 0 Å². The third-order valence-electron chi connectivity index (χ3n) is 3.56. The van der Waals surface area contributed by atoms with Crippen LogP contribution in [-0.4, -0.2) is 84.3 Å². The molecule has 20 heavy (non-hydrogen) atoms. The molecule has 1 N–H and O–H groups in total. The van der Waals surface area contributed by atoms with E-state index in [0.717, 1.165) is 26.2 Å². The van der Waals surface area contributed by atoms with E-state index in [1.165, 1.54) is 6.33 Å². The molecule has 1 fully saturated rings. The van der Waals surface area contributed by atoms with Crippen molar-refractivity contribution in [3.63, 3.8) is 0 Å². The molecule has 0 amide bonds. The summed E-state index contributed by atoms with van der Waals surface area (Å²) >= 11 is 6.05. The number of halogens is 1. The lowest BCUT2D eigenvalue weighted by atomic mass is 10.2. The fraction of sp³-hybridized carbons (Fsp3) is 0.692. The number of aliphatic hydroxyl groups excluding tert-OH is 1. The van der Waals surface area contributed by atoms with Gasteiger partial charge in [-0.3, -0.25) is 4.90 Å². The second kappa shape index (κ2) is 7.17. The molecule has 1 aliphatic rings. The molecule has 0 aromatic carbocycles. The highest BCUT2D eigenvalue weighted by molar-refractivity contribution is 6.32. The Morgan fingerprint density at radius 1 is 1.40 bits per heavy atom. The highest BCUT2D eigenvalue weighted by Gasteiger charge is 2.19. The second-order valence-corrected chi connectivity index (χ2v) is 5.74. The molecule has 0 spiro atoms. The summed E-state index contributed by atoms with van der Waals surface area (Å²) in [6.07, 6.45) is 2.60. The van der Waals surface area contributed by atoms with Crippen molar-refractivity contribution in [1.29, 1.82) is 0 Å². The van der Waals surface area contributed by atoms with E-state index in [0.29, 0.717) is 23.9 Å². The third-order valence-corrected chi connectivity index (χ3v) is 3.83. The summed E-state index contributed by atoms with van der Waals surface area (Å²) in [6, 6.07) is 0. The van der Waals surface area contributed by atoms with Crippen molar-refractivity contribution in [1.82, 2.24) is 19.8 Å². The van der Waals surface area contributed by atoms with Crippen LogP contribution < -0.4 is 4.90 Å². The van der Waals surface area contributed by atoms with E-state index in [1.54, 1.807) is 6.20 Å². The van der Waals surface area contributed by atoms with E-state index in [2.05, 4.69) is 26.8 Å². The van der Waals surface area contributed by atoms with Gasteiger partial charge in [-0.25, -0.2) is 9.97 Å². The average molecular weight is 300 g/mol. The first-order valence-corrected chi connectivity index (χ1v) is 7.19. The first kappa shape index (κ1) is 15.4. The number of aromatic nitrogens is 2. The maximum atomic E-state index is 10.2. The fourth-order valence-electron chi connectivity index (χ4n) is 2.38. The van der Waals surface area contributed by atoms with Crippen LogP contribution in [0, 0.1) is 0 Å². The SMILES string of the molecule is CN1CCN(CC(O)CN(C)c2ncncc2Cl)CC1. The molecule has 0 bridgehead atoms. The number of anilines is 1. The predicted octanol–water partition coefficient (Wildman–Crippen LogP) is 0.174. The molecule has 1 unspecified atom stereocenters. The average Bonchev–Trinajstić information content (AvgIpc) is 2.41. The number of hydrogen-bond donors (Lipinski definition) is 1. The maximum Gasteiger partial charge on any atom is 0.150 e. The first-order valence-electron chi connectivity index (χ1n) is 6.82. The lowest BCUT2D eigenvalue weighted by Crippen LogP contribution is -2.48. The Morgan fingerprint density at radius 2 is 2.10 bits per heavy atom. The summed E-state index contributed by atoms with van der Waals surface area (Å²) in [7, 11) is 4.00. The van der Waals surface area contributed by atoms with Crippen LogP contribution in [0.1, 0.15) is 0 Å². The van der Waals surface area contributed by atoms with E-state index >= 15 is 0 Å². The number of piperazine rings is 1. The van der Waals surface area contributed by atoms with Crippen molar-refractivity contribution >= 4 is 17.4 Å². The zero-order valence-corrected chi connectivity index (χ0v) is 12.8. The summed E-state index contributed by atoms with van der Waals surface area (Å²) in [5.74, 6) is 0.652. The van der Waals surface area contributed by atoms with Gasteiger partial charge in [0.25, 0.3) is 0 Å². The van der Waals surface area contributed by atoms with E-state index in [9.17, 15) is 5.11 Å². The van der Waals surface area contributed by atoms with Crippen molar-refractivity contribution in [3.8, 4) is 0 Å². The van der Waals surface area contributed by atoms with Crippen molar-refractivity contribution in [2.45, 2.75) is 6.10 Å². The van der Waals surface area contributed by atoms with Crippen LogP contribution in [0.15, 0.2) is 12.5 Å². The van der Waals surface area contributed by atoms with Gasteiger partial charge in [-0.15, -0.1) is 0 Å². The summed E-state index contributed by atoms with van der Waals surface area (Å²) < 4.78 is 0. The molecule has 1 aliphatic heterocycles. The topological polar surface area (TPSA) is 55.7 Å². The fourth-order valence-corrected chi connectivity index (χ4v) is 2.63. The molecule has 7 heteroatoms. The quantitative estimate of drug-likeness (QED) is 0.837. The second-order valence-electron chi connectivity index (χ2n) is 5.33. The summed E-state index contributed by atoms with van der Waals surface area (Å²) in [4.78, 5) is 14.5. The van der Waals surface area contributed by atoms with Crippen LogP contribution in [-0.2, 0) is 0 Å². The Kier molecular flexibility index (Phi) is 5.54. The standard InChI is InChI=1S/C13H22ClN5O/c1-17-3-5-19(6-4-17)9-11(20)8-18(2)13-12(14)7-15-10-16-13/h7,10-11,20H,3-6,8-9H2,1-2H3. The van der Waals surface area contributed by atoms with Crippen LogP contribution in [0.2, 0.25) is 5.02 Å². The van der Waals surface area contributed by atoms with Crippen molar-refractivity contribution in [3.05, 3.63) is 17.5 Å². The van der Waals surface area contributed by atoms with Gasteiger partial charge in [0.1, 0.15) is 11.3 Å². The van der Waals surface area contributed by atoms with Crippen LogP contribution in [0.4, 0.5) is 5.82 Å². The van der Waals surface area contributed by atoms with Gasteiger partial charge < -0.3 is 14.9 Å². The van der Waals surface area contributed by atoms with Crippen molar-refractivity contribution in [2.24, 2.45) is 0 Å². The molecular weight excluding hydrogens is 278 g/mol. The van der Waals surface area contributed by atoms with Gasteiger partial charge in [0.15, 0.2) is 5.82 Å². The molecule has 0 radical (unpaired) electrons. The normalized spacial score (nSPS) is 19.0. The lowest BCUT2D eigenvalue weighted by molar-refractivity contribution is 0.0842. The summed E-state index contributed by atoms with van der Waals surface area (Å²) in [5.41, 5.74) is 0. The highest BCUT2D eigenvalue weighted by atomic mass is 35.5. The Hall–Kier alpha value is -0.950. The number of β-amino-alcohol motifs (C(OH)–C–C–N with tert-alkyl or cyclic N) is 1. The molecule has 2 rings (SSSR count). The lowest BCUT2D eigenvalue weighted by Gasteiger charge is -2.34. The minimum atomic E-state index is -0.422. The van der Waals surface area contributed by atoms with Gasteiger partial charge in [-0.2, -0.15) is 0 Å². The Bertz CT molecular complexity index is 425. The minimum absolute atomic E-state index is 0.422. The molecule has 1 aromatic heterocycles. The monoisotopic (exact) mass is 299 g/mol. The molecule has 1 atom stereocenters. The predicted molar refractivity (Wildman–Crippen MR) is 80.3 cm³/mol. The summed E-state index contributed by atoms with van der Waals surface area (Å²) in [6.45, 7) is 5.31. The van der Waals surface area contributed by atoms with E-state index in [4.69, 9.17) is 11.6 Å². The number of nitrogens with zero attached hydrogens (tertiary/aromatic N) is 5. The van der Waals surface area contributed by atoms with E-state index in [1.807, 2.05) is 11.9 Å². The molecular formula is C13H22ClN5O. The number of rotatable bonds is 5. The molecule has 0 saturated carbocycles. The molecule has 0 aliphatic carbocycles. The Morgan fingerprint density at radius 3 is 2.75 bits per heavy atom. The van der Waals surface area contributed by atoms with Crippen LogP contribution in [0.3, 0.4) is 0 Å². The van der Waals surface area contributed by atoms with Crippen LogP contribution in [0.25, 0.3) is 0 Å². The zero-order chi connectivity index (χ0) is 14.5. The first-order chi connectivity index (χ1) is 9.56. The van der Waals surface area contributed by atoms with Gasteiger partial charge >= 0.3 is 0 Å². The third kappa shape index (κ3) is 4.28. The van der Waals surface area contributed by atoms with Gasteiger partial charge in [0.05, 0.1) is 12.3 Å². The Balaban J connectivity index is 1.82. The van der Waals surface area contributed by atoms with Gasteiger partial charge in [0, 0.05) is 46.3 Å². The number of likely N-dealkylation sites (N-methyl/N-ethyl adjacent to an activating group) is 2. The van der Waals surface area contributed by atoms with E-state index in [-0.39, 0.29) is 0 Å². The number of aliphatic hydroxyl groups is 1. The summed E-state index contributed by atoms with van der Waals surface area (Å²) in [5, 5.41) is 10.7. The molecule has 112 valence electrons. The van der Waals surface area contributed by atoms with Crippen LogP contribution in [0.5, 0.6) is 0 Å². The van der Waals surface area contributed by atoms with E-state index < -0.39 is 6.10 Å². The van der Waals surface area contributed by atoms with Gasteiger partial charge in [-0.1, -0.05) is 11.6 Å². The smallest absolute Gasteiger partial charge is 0.150 e. The zero-order valence-electron chi connectivity index (χ0n) is 12.0.